The van der Waals surface area contributed by atoms with Crippen LogP contribution < -0.4 is 4.72 Å². The van der Waals surface area contributed by atoms with Crippen LogP contribution in [0.1, 0.15) is 11.1 Å². The zero-order chi connectivity index (χ0) is 17.2. The van der Waals surface area contributed by atoms with Gasteiger partial charge in [0.2, 0.25) is 0 Å². The molecule has 0 radical (unpaired) electrons. The average Bonchev–Trinajstić information content (AvgIpc) is 2.94. The molecule has 0 aliphatic heterocycles. The van der Waals surface area contributed by atoms with Crippen LogP contribution in [-0.2, 0) is 16.6 Å². The van der Waals surface area contributed by atoms with Crippen LogP contribution in [-0.4, -0.2) is 18.2 Å². The number of hydrogen-bond acceptors (Lipinski definition) is 3. The zero-order valence-electron chi connectivity index (χ0n) is 13.0. The van der Waals surface area contributed by atoms with Gasteiger partial charge in [-0.05, 0) is 36.8 Å². The van der Waals surface area contributed by atoms with Crippen molar-refractivity contribution in [2.24, 2.45) is 0 Å². The highest BCUT2D eigenvalue weighted by atomic mass is 35.5. The largest absolute Gasteiger partial charge is 0.280 e. The van der Waals surface area contributed by atoms with Gasteiger partial charge in [0.05, 0.1) is 22.7 Å². The summed E-state index contributed by atoms with van der Waals surface area (Å²) in [6, 6.07) is 13.9. The van der Waals surface area contributed by atoms with Crippen LogP contribution in [0.25, 0.3) is 0 Å². The van der Waals surface area contributed by atoms with Crippen LogP contribution in [0, 0.1) is 6.92 Å². The molecule has 0 aliphatic carbocycles. The van der Waals surface area contributed by atoms with Gasteiger partial charge in [0.15, 0.2) is 0 Å². The third-order valence-electron chi connectivity index (χ3n) is 3.48. The maximum Gasteiger partial charge on any atom is 0.261 e. The predicted molar refractivity (Wildman–Crippen MR) is 94.8 cm³/mol. The summed E-state index contributed by atoms with van der Waals surface area (Å²) < 4.78 is 29.0. The van der Waals surface area contributed by atoms with Crippen molar-refractivity contribution in [1.82, 2.24) is 9.78 Å². The predicted octanol–water partition coefficient (Wildman–Crippen LogP) is 3.69. The van der Waals surface area contributed by atoms with E-state index in [0.717, 1.165) is 11.1 Å². The molecular formula is C17H16ClN3O2S. The molecule has 1 N–H and O–H groups in total. The minimum absolute atomic E-state index is 0.239. The first-order valence-corrected chi connectivity index (χ1v) is 9.15. The highest BCUT2D eigenvalue weighted by molar-refractivity contribution is 7.92. The van der Waals surface area contributed by atoms with Crippen LogP contribution in [0.15, 0.2) is 65.8 Å². The minimum atomic E-state index is -3.58. The lowest BCUT2D eigenvalue weighted by atomic mass is 10.2. The molecule has 0 spiro atoms. The van der Waals surface area contributed by atoms with E-state index in [2.05, 4.69) is 9.82 Å². The normalized spacial score (nSPS) is 11.4. The fraction of sp³-hybridized carbons (Fsp3) is 0.118. The second kappa shape index (κ2) is 6.67. The Balaban J connectivity index is 1.72. The van der Waals surface area contributed by atoms with Gasteiger partial charge in [-0.3, -0.25) is 9.40 Å². The summed E-state index contributed by atoms with van der Waals surface area (Å²) in [5, 5.41) is 4.69. The maximum atomic E-state index is 12.4. The number of nitrogens with zero attached hydrogens (tertiary/aromatic N) is 2. The molecule has 1 heterocycles. The summed E-state index contributed by atoms with van der Waals surface area (Å²) in [5.41, 5.74) is 2.52. The Labute approximate surface area is 145 Å². The number of rotatable bonds is 5. The van der Waals surface area contributed by atoms with Gasteiger partial charge >= 0.3 is 0 Å². The molecule has 0 aliphatic rings. The van der Waals surface area contributed by atoms with Crippen LogP contribution in [0.5, 0.6) is 0 Å². The average molecular weight is 362 g/mol. The molecule has 0 saturated carbocycles. The lowest BCUT2D eigenvalue weighted by Gasteiger charge is -2.09. The van der Waals surface area contributed by atoms with E-state index in [-0.39, 0.29) is 4.90 Å². The van der Waals surface area contributed by atoms with E-state index >= 15 is 0 Å². The number of aryl methyl sites for hydroxylation is 1. The molecule has 24 heavy (non-hydrogen) atoms. The summed E-state index contributed by atoms with van der Waals surface area (Å²) in [6.45, 7) is 2.48. The Kier molecular flexibility index (Phi) is 4.59. The van der Waals surface area contributed by atoms with Crippen molar-refractivity contribution in [3.63, 3.8) is 0 Å². The molecule has 0 atom stereocenters. The summed E-state index contributed by atoms with van der Waals surface area (Å²) in [5.74, 6) is 0. The topological polar surface area (TPSA) is 64.0 Å². The molecule has 0 fully saturated rings. The minimum Gasteiger partial charge on any atom is -0.280 e. The molecule has 5 nitrogen and oxygen atoms in total. The molecule has 3 rings (SSSR count). The van der Waals surface area contributed by atoms with Crippen LogP contribution in [0.2, 0.25) is 5.02 Å². The monoisotopic (exact) mass is 361 g/mol. The molecule has 1 aromatic heterocycles. The number of benzene rings is 2. The Hall–Kier alpha value is -2.31. The smallest absolute Gasteiger partial charge is 0.261 e. The molecule has 0 bridgehead atoms. The summed E-state index contributed by atoms with van der Waals surface area (Å²) in [6.07, 6.45) is 3.31. The SMILES string of the molecule is Cc1ccc(S(=O)(=O)Nc2ccc(Cn3cc(Cl)cn3)cc2)cc1. The van der Waals surface area contributed by atoms with Crippen molar-refractivity contribution in [3.8, 4) is 0 Å². The highest BCUT2D eigenvalue weighted by Crippen LogP contribution is 2.18. The van der Waals surface area contributed by atoms with E-state index in [1.165, 1.54) is 0 Å². The fourth-order valence-electron chi connectivity index (χ4n) is 2.22. The quantitative estimate of drug-likeness (QED) is 0.753. The van der Waals surface area contributed by atoms with Crippen LogP contribution >= 0.6 is 11.6 Å². The lowest BCUT2D eigenvalue weighted by Crippen LogP contribution is -2.13. The van der Waals surface area contributed by atoms with Crippen molar-refractivity contribution in [2.75, 3.05) is 4.72 Å². The number of halogens is 1. The number of nitrogens with one attached hydrogen (secondary N) is 1. The van der Waals surface area contributed by atoms with E-state index in [4.69, 9.17) is 11.6 Å². The molecule has 3 aromatic rings. The third-order valence-corrected chi connectivity index (χ3v) is 5.08. The van der Waals surface area contributed by atoms with Gasteiger partial charge in [-0.25, -0.2) is 8.42 Å². The highest BCUT2D eigenvalue weighted by Gasteiger charge is 2.13. The van der Waals surface area contributed by atoms with Crippen LogP contribution in [0.4, 0.5) is 5.69 Å². The van der Waals surface area contributed by atoms with Crippen molar-refractivity contribution in [2.45, 2.75) is 18.4 Å². The van der Waals surface area contributed by atoms with E-state index in [1.54, 1.807) is 53.5 Å². The number of hydrogen-bond donors (Lipinski definition) is 1. The summed E-state index contributed by atoms with van der Waals surface area (Å²) in [7, 11) is -3.58. The Morgan fingerprint density at radius 3 is 2.33 bits per heavy atom. The van der Waals surface area contributed by atoms with Crippen molar-refractivity contribution in [3.05, 3.63) is 77.1 Å². The van der Waals surface area contributed by atoms with Gasteiger partial charge in [0.1, 0.15) is 0 Å². The van der Waals surface area contributed by atoms with Gasteiger partial charge in [-0.2, -0.15) is 5.10 Å². The van der Waals surface area contributed by atoms with Crippen molar-refractivity contribution < 1.29 is 8.42 Å². The van der Waals surface area contributed by atoms with Gasteiger partial charge < -0.3 is 0 Å². The Bertz CT molecular complexity index is 933. The molecule has 0 amide bonds. The first kappa shape index (κ1) is 16.5. The van der Waals surface area contributed by atoms with Crippen molar-refractivity contribution >= 4 is 27.3 Å². The summed E-state index contributed by atoms with van der Waals surface area (Å²) in [4.78, 5) is 0.239. The molecule has 124 valence electrons. The second-order valence-corrected chi connectivity index (χ2v) is 7.59. The first-order chi connectivity index (χ1) is 11.4. The molecule has 0 saturated heterocycles. The fourth-order valence-corrected chi connectivity index (χ4v) is 3.44. The van der Waals surface area contributed by atoms with E-state index in [0.29, 0.717) is 17.3 Å². The Morgan fingerprint density at radius 1 is 1.08 bits per heavy atom. The third kappa shape index (κ3) is 3.96. The molecule has 2 aromatic carbocycles. The molecule has 7 heteroatoms. The van der Waals surface area contributed by atoms with Gasteiger partial charge in [-0.1, -0.05) is 41.4 Å². The lowest BCUT2D eigenvalue weighted by molar-refractivity contribution is 0.601. The molecular weight excluding hydrogens is 346 g/mol. The van der Waals surface area contributed by atoms with Gasteiger partial charge in [0.25, 0.3) is 10.0 Å². The Morgan fingerprint density at radius 2 is 1.75 bits per heavy atom. The van der Waals surface area contributed by atoms with E-state index < -0.39 is 10.0 Å². The van der Waals surface area contributed by atoms with E-state index in [9.17, 15) is 8.42 Å². The second-order valence-electron chi connectivity index (χ2n) is 5.47. The zero-order valence-corrected chi connectivity index (χ0v) is 14.6. The number of sulfonamides is 1. The van der Waals surface area contributed by atoms with Gasteiger partial charge in [-0.15, -0.1) is 0 Å². The molecule has 0 unspecified atom stereocenters. The number of aromatic nitrogens is 2. The van der Waals surface area contributed by atoms with Crippen LogP contribution in [0.3, 0.4) is 0 Å². The standard InChI is InChI=1S/C17H16ClN3O2S/c1-13-2-8-17(9-3-13)24(22,23)20-16-6-4-14(5-7-16)11-21-12-15(18)10-19-21/h2-10,12,20H,11H2,1H3. The van der Waals surface area contributed by atoms with Gasteiger partial charge in [0, 0.05) is 11.9 Å². The first-order valence-electron chi connectivity index (χ1n) is 7.29. The van der Waals surface area contributed by atoms with E-state index in [1.807, 2.05) is 19.1 Å². The van der Waals surface area contributed by atoms with Crippen molar-refractivity contribution in [1.29, 1.82) is 0 Å². The number of anilines is 1. The maximum absolute atomic E-state index is 12.4. The summed E-state index contributed by atoms with van der Waals surface area (Å²) >= 11 is 5.83.